The fourth-order valence-electron chi connectivity index (χ4n) is 3.83. The van der Waals surface area contributed by atoms with Gasteiger partial charge in [-0.25, -0.2) is 14.8 Å². The van der Waals surface area contributed by atoms with Crippen LogP contribution in [0.25, 0.3) is 10.9 Å². The zero-order valence-corrected chi connectivity index (χ0v) is 19.4. The van der Waals surface area contributed by atoms with E-state index in [2.05, 4.69) is 20.2 Å². The van der Waals surface area contributed by atoms with E-state index in [1.807, 2.05) is 55.1 Å². The number of benzene rings is 2. The number of carbonyl (C=O) groups excluding carboxylic acids is 1. The van der Waals surface area contributed by atoms with Gasteiger partial charge in [-0.05, 0) is 44.2 Å². The molecule has 1 saturated heterocycles. The van der Waals surface area contributed by atoms with Gasteiger partial charge in [-0.2, -0.15) is 0 Å². The first kappa shape index (κ1) is 22.4. The Labute approximate surface area is 193 Å². The number of amides is 2. The van der Waals surface area contributed by atoms with Crippen LogP contribution >= 0.6 is 0 Å². The van der Waals surface area contributed by atoms with Gasteiger partial charge in [-0.3, -0.25) is 0 Å². The summed E-state index contributed by atoms with van der Waals surface area (Å²) in [6, 6.07) is 11.0. The molecule has 1 aliphatic heterocycles. The Morgan fingerprint density at radius 2 is 1.64 bits per heavy atom. The van der Waals surface area contributed by atoms with E-state index in [0.717, 1.165) is 28.2 Å². The largest absolute Gasteiger partial charge is 0.493 e. The van der Waals surface area contributed by atoms with Crippen molar-refractivity contribution >= 4 is 28.4 Å². The molecule has 0 aliphatic carbocycles. The number of methoxy groups -OCH3 is 2. The maximum absolute atomic E-state index is 12.7. The molecule has 0 radical (unpaired) electrons. The molecule has 0 atom stereocenters. The van der Waals surface area contributed by atoms with Crippen molar-refractivity contribution in [1.82, 2.24) is 14.9 Å². The molecule has 2 amide bonds. The maximum Gasteiger partial charge on any atom is 0.321 e. The molecule has 9 heteroatoms. The highest BCUT2D eigenvalue weighted by Crippen LogP contribution is 2.35. The third-order valence-corrected chi connectivity index (χ3v) is 5.46. The van der Waals surface area contributed by atoms with Crippen molar-refractivity contribution in [2.45, 2.75) is 20.0 Å². The Morgan fingerprint density at radius 1 is 0.970 bits per heavy atom. The van der Waals surface area contributed by atoms with Crippen LogP contribution in [0, 0.1) is 0 Å². The lowest BCUT2D eigenvalue weighted by Crippen LogP contribution is -2.50. The normalized spacial score (nSPS) is 13.8. The molecule has 4 rings (SSSR count). The minimum Gasteiger partial charge on any atom is -0.493 e. The van der Waals surface area contributed by atoms with E-state index in [9.17, 15) is 4.79 Å². The topological polar surface area (TPSA) is 89.1 Å². The van der Waals surface area contributed by atoms with Crippen LogP contribution in [0.1, 0.15) is 13.8 Å². The van der Waals surface area contributed by atoms with Crippen molar-refractivity contribution in [2.24, 2.45) is 0 Å². The Balaban J connectivity index is 1.41. The number of aromatic nitrogens is 2. The van der Waals surface area contributed by atoms with Gasteiger partial charge in [0.15, 0.2) is 11.5 Å². The zero-order chi connectivity index (χ0) is 23.4. The monoisotopic (exact) mass is 451 g/mol. The summed E-state index contributed by atoms with van der Waals surface area (Å²) >= 11 is 0. The number of anilines is 2. The number of urea groups is 1. The van der Waals surface area contributed by atoms with E-state index in [1.54, 1.807) is 20.5 Å². The van der Waals surface area contributed by atoms with Gasteiger partial charge in [-0.1, -0.05) is 0 Å². The molecule has 0 bridgehead atoms. The van der Waals surface area contributed by atoms with Crippen molar-refractivity contribution in [2.75, 3.05) is 50.6 Å². The van der Waals surface area contributed by atoms with E-state index in [0.29, 0.717) is 37.7 Å². The van der Waals surface area contributed by atoms with Crippen molar-refractivity contribution < 1.29 is 19.0 Å². The molecule has 33 heavy (non-hydrogen) atoms. The highest BCUT2D eigenvalue weighted by atomic mass is 16.5. The number of hydrogen-bond acceptors (Lipinski definition) is 7. The van der Waals surface area contributed by atoms with Crippen LogP contribution in [0.2, 0.25) is 0 Å². The fraction of sp³-hybridized carbons (Fsp3) is 0.375. The molecule has 1 N–H and O–H groups in total. The first-order valence-corrected chi connectivity index (χ1v) is 10.9. The standard InChI is InChI=1S/C24H29N5O4/c1-16(2)33-18-7-5-17(6-8-18)27-24(30)29-11-9-28(10-12-29)23-19-13-21(31-3)22(32-4)14-20(19)25-15-26-23/h5-8,13-16H,9-12H2,1-4H3,(H,27,30). The highest BCUT2D eigenvalue weighted by Gasteiger charge is 2.24. The summed E-state index contributed by atoms with van der Waals surface area (Å²) in [6.07, 6.45) is 1.66. The number of fused-ring (bicyclic) bond motifs is 1. The minimum atomic E-state index is -0.119. The smallest absolute Gasteiger partial charge is 0.321 e. The third-order valence-electron chi connectivity index (χ3n) is 5.46. The second-order valence-electron chi connectivity index (χ2n) is 8.02. The first-order chi connectivity index (χ1) is 16.0. The molecular weight excluding hydrogens is 422 g/mol. The molecule has 1 aliphatic rings. The second kappa shape index (κ2) is 9.81. The van der Waals surface area contributed by atoms with Crippen molar-refractivity contribution in [3.63, 3.8) is 0 Å². The molecule has 0 saturated carbocycles. The van der Waals surface area contributed by atoms with Gasteiger partial charge in [0.25, 0.3) is 0 Å². The van der Waals surface area contributed by atoms with Crippen LogP contribution in [-0.2, 0) is 0 Å². The van der Waals surface area contributed by atoms with Gasteiger partial charge in [-0.15, -0.1) is 0 Å². The summed E-state index contributed by atoms with van der Waals surface area (Å²) < 4.78 is 16.5. The molecule has 1 aromatic heterocycles. The van der Waals surface area contributed by atoms with E-state index in [-0.39, 0.29) is 12.1 Å². The highest BCUT2D eigenvalue weighted by molar-refractivity contribution is 5.92. The number of nitrogens with zero attached hydrogens (tertiary/aromatic N) is 4. The number of ether oxygens (including phenoxy) is 3. The Bertz CT molecular complexity index is 1110. The van der Waals surface area contributed by atoms with Crippen LogP contribution in [0.3, 0.4) is 0 Å². The lowest BCUT2D eigenvalue weighted by molar-refractivity contribution is 0.208. The zero-order valence-electron chi connectivity index (χ0n) is 19.4. The Hall–Kier alpha value is -3.75. The lowest BCUT2D eigenvalue weighted by Gasteiger charge is -2.35. The SMILES string of the molecule is COc1cc2ncnc(N3CCN(C(=O)Nc4ccc(OC(C)C)cc4)CC3)c2cc1OC. The molecule has 2 aromatic carbocycles. The predicted molar refractivity (Wildman–Crippen MR) is 128 cm³/mol. The number of carbonyl (C=O) groups is 1. The quantitative estimate of drug-likeness (QED) is 0.610. The molecule has 174 valence electrons. The average molecular weight is 452 g/mol. The number of nitrogens with one attached hydrogen (secondary N) is 1. The summed E-state index contributed by atoms with van der Waals surface area (Å²) in [4.78, 5) is 25.6. The van der Waals surface area contributed by atoms with Gasteiger partial charge in [0.05, 0.1) is 25.8 Å². The summed E-state index contributed by atoms with van der Waals surface area (Å²) in [6.45, 7) is 6.45. The van der Waals surface area contributed by atoms with Crippen molar-refractivity contribution in [3.8, 4) is 17.2 Å². The summed E-state index contributed by atoms with van der Waals surface area (Å²) in [5.41, 5.74) is 1.52. The van der Waals surface area contributed by atoms with Crippen LogP contribution in [0.5, 0.6) is 17.2 Å². The lowest BCUT2D eigenvalue weighted by atomic mass is 10.2. The molecule has 1 fully saturated rings. The first-order valence-electron chi connectivity index (χ1n) is 10.9. The Kier molecular flexibility index (Phi) is 6.67. The van der Waals surface area contributed by atoms with Crippen LogP contribution in [-0.4, -0.2) is 67.4 Å². The van der Waals surface area contributed by atoms with Gasteiger partial charge >= 0.3 is 6.03 Å². The molecule has 9 nitrogen and oxygen atoms in total. The maximum atomic E-state index is 12.7. The summed E-state index contributed by atoms with van der Waals surface area (Å²) in [7, 11) is 3.21. The van der Waals surface area contributed by atoms with Crippen molar-refractivity contribution in [1.29, 1.82) is 0 Å². The molecule has 3 aromatic rings. The summed E-state index contributed by atoms with van der Waals surface area (Å²) in [5, 5.41) is 3.85. The van der Waals surface area contributed by atoms with Gasteiger partial charge in [0.1, 0.15) is 17.9 Å². The second-order valence-corrected chi connectivity index (χ2v) is 8.02. The molecule has 2 heterocycles. The molecular formula is C24H29N5O4. The van der Waals surface area contributed by atoms with Crippen molar-refractivity contribution in [3.05, 3.63) is 42.7 Å². The Morgan fingerprint density at radius 3 is 2.27 bits per heavy atom. The van der Waals surface area contributed by atoms with Crippen LogP contribution < -0.4 is 24.4 Å². The average Bonchev–Trinajstić information content (AvgIpc) is 2.83. The van der Waals surface area contributed by atoms with E-state index < -0.39 is 0 Å². The van der Waals surface area contributed by atoms with Crippen LogP contribution in [0.15, 0.2) is 42.7 Å². The van der Waals surface area contributed by atoms with Crippen LogP contribution in [0.4, 0.5) is 16.3 Å². The number of rotatable bonds is 6. The fourth-order valence-corrected chi connectivity index (χ4v) is 3.83. The molecule has 0 spiro atoms. The van der Waals surface area contributed by atoms with E-state index in [1.165, 1.54) is 0 Å². The van der Waals surface area contributed by atoms with E-state index in [4.69, 9.17) is 14.2 Å². The minimum absolute atomic E-state index is 0.108. The van der Waals surface area contributed by atoms with Gasteiger partial charge < -0.3 is 29.3 Å². The van der Waals surface area contributed by atoms with Gasteiger partial charge in [0.2, 0.25) is 0 Å². The van der Waals surface area contributed by atoms with Gasteiger partial charge in [0, 0.05) is 43.3 Å². The number of piperazine rings is 1. The summed E-state index contributed by atoms with van der Waals surface area (Å²) in [5.74, 6) is 2.86. The third kappa shape index (κ3) is 5.02. The molecule has 0 unspecified atom stereocenters. The van der Waals surface area contributed by atoms with E-state index >= 15 is 0 Å². The number of hydrogen-bond donors (Lipinski definition) is 1. The predicted octanol–water partition coefficient (Wildman–Crippen LogP) is 3.79.